The highest BCUT2D eigenvalue weighted by molar-refractivity contribution is 6.30. The minimum atomic E-state index is -0.217. The van der Waals surface area contributed by atoms with Gasteiger partial charge in [-0.3, -0.25) is 9.59 Å². The lowest BCUT2D eigenvalue weighted by Gasteiger charge is -2.17. The zero-order valence-electron chi connectivity index (χ0n) is 13.3. The topological polar surface area (TPSA) is 55.2 Å². The molecule has 0 N–H and O–H groups in total. The summed E-state index contributed by atoms with van der Waals surface area (Å²) in [6.45, 7) is 3.02. The molecule has 2 rings (SSSR count). The average Bonchev–Trinajstić information content (AvgIpc) is 2.55. The number of nitrogens with zero attached hydrogens (tertiary/aromatic N) is 3. The van der Waals surface area contributed by atoms with Gasteiger partial charge in [0.15, 0.2) is 0 Å². The quantitative estimate of drug-likeness (QED) is 0.816. The van der Waals surface area contributed by atoms with E-state index in [0.29, 0.717) is 18.1 Å². The molecule has 0 fully saturated rings. The third-order valence-electron chi connectivity index (χ3n) is 3.49. The summed E-state index contributed by atoms with van der Waals surface area (Å²) < 4.78 is 1.35. The van der Waals surface area contributed by atoms with Gasteiger partial charge in [-0.15, -0.1) is 0 Å². The van der Waals surface area contributed by atoms with Crippen molar-refractivity contribution in [2.24, 2.45) is 0 Å². The molecule has 0 unspecified atom stereocenters. The smallest absolute Gasteiger partial charge is 0.274 e. The Morgan fingerprint density at radius 3 is 2.57 bits per heavy atom. The van der Waals surface area contributed by atoms with Crippen molar-refractivity contribution in [2.45, 2.75) is 32.9 Å². The van der Waals surface area contributed by atoms with Crippen LogP contribution in [0.15, 0.2) is 41.2 Å². The Morgan fingerprint density at radius 1 is 1.22 bits per heavy atom. The Hall–Kier alpha value is -2.14. The number of aryl methyl sites for hydroxylation is 1. The molecule has 0 aliphatic heterocycles. The molecule has 1 aromatic heterocycles. The van der Waals surface area contributed by atoms with E-state index in [1.807, 2.05) is 19.1 Å². The van der Waals surface area contributed by atoms with E-state index in [1.165, 1.54) is 16.8 Å². The van der Waals surface area contributed by atoms with E-state index in [1.54, 1.807) is 24.1 Å². The van der Waals surface area contributed by atoms with Crippen LogP contribution < -0.4 is 5.56 Å². The van der Waals surface area contributed by atoms with Crippen molar-refractivity contribution in [3.63, 3.8) is 0 Å². The Bertz CT molecular complexity index is 725. The lowest BCUT2D eigenvalue weighted by molar-refractivity contribution is 0.0776. The molecule has 0 spiro atoms. The van der Waals surface area contributed by atoms with E-state index in [9.17, 15) is 9.59 Å². The fourth-order valence-corrected chi connectivity index (χ4v) is 2.29. The third-order valence-corrected chi connectivity index (χ3v) is 3.74. The van der Waals surface area contributed by atoms with Crippen LogP contribution in [0, 0.1) is 0 Å². The van der Waals surface area contributed by atoms with Crippen LogP contribution in [0.3, 0.4) is 0 Å². The molecule has 0 saturated heterocycles. The van der Waals surface area contributed by atoms with Crippen LogP contribution in [-0.4, -0.2) is 27.6 Å². The van der Waals surface area contributed by atoms with Crippen molar-refractivity contribution in [3.8, 4) is 0 Å². The van der Waals surface area contributed by atoms with Gasteiger partial charge in [0.1, 0.15) is 5.69 Å². The number of unbranched alkanes of at least 4 members (excludes halogenated alkanes) is 1. The monoisotopic (exact) mass is 333 g/mol. The summed E-state index contributed by atoms with van der Waals surface area (Å²) in [7, 11) is 1.71. The SMILES string of the molecule is CCCCn1nc(C(=O)N(C)Cc2ccc(Cl)cc2)ccc1=O. The van der Waals surface area contributed by atoms with Crippen LogP contribution >= 0.6 is 11.6 Å². The molecular weight excluding hydrogens is 314 g/mol. The highest BCUT2D eigenvalue weighted by Gasteiger charge is 2.15. The summed E-state index contributed by atoms with van der Waals surface area (Å²) in [4.78, 5) is 25.8. The largest absolute Gasteiger partial charge is 0.336 e. The maximum absolute atomic E-state index is 12.5. The Morgan fingerprint density at radius 2 is 1.91 bits per heavy atom. The predicted molar refractivity (Wildman–Crippen MR) is 90.7 cm³/mol. The highest BCUT2D eigenvalue weighted by Crippen LogP contribution is 2.12. The summed E-state index contributed by atoms with van der Waals surface area (Å²) in [6, 6.07) is 10.2. The zero-order valence-corrected chi connectivity index (χ0v) is 14.1. The van der Waals surface area contributed by atoms with E-state index >= 15 is 0 Å². The molecule has 1 amide bonds. The second-order valence-corrected chi connectivity index (χ2v) is 5.86. The summed E-state index contributed by atoms with van der Waals surface area (Å²) in [5.74, 6) is -0.217. The first-order valence-corrected chi connectivity index (χ1v) is 7.97. The zero-order chi connectivity index (χ0) is 16.8. The molecule has 5 nitrogen and oxygen atoms in total. The average molecular weight is 334 g/mol. The highest BCUT2D eigenvalue weighted by atomic mass is 35.5. The van der Waals surface area contributed by atoms with Crippen molar-refractivity contribution in [1.82, 2.24) is 14.7 Å². The number of benzene rings is 1. The van der Waals surface area contributed by atoms with Crippen LogP contribution in [-0.2, 0) is 13.1 Å². The number of rotatable bonds is 6. The molecule has 0 atom stereocenters. The third kappa shape index (κ3) is 4.66. The number of aromatic nitrogens is 2. The van der Waals surface area contributed by atoms with E-state index in [0.717, 1.165) is 18.4 Å². The van der Waals surface area contributed by atoms with Crippen molar-refractivity contribution in [1.29, 1.82) is 0 Å². The molecule has 122 valence electrons. The summed E-state index contributed by atoms with van der Waals surface area (Å²) in [5, 5.41) is 4.84. The molecule has 0 radical (unpaired) electrons. The van der Waals surface area contributed by atoms with Gasteiger partial charge < -0.3 is 4.90 Å². The standard InChI is InChI=1S/C17H20ClN3O2/c1-3-4-11-21-16(22)10-9-15(19-21)17(23)20(2)12-13-5-7-14(18)8-6-13/h5-10H,3-4,11-12H2,1-2H3. The molecule has 2 aromatic rings. The minimum absolute atomic E-state index is 0.185. The first-order valence-electron chi connectivity index (χ1n) is 7.59. The summed E-state index contributed by atoms with van der Waals surface area (Å²) in [6.07, 6.45) is 1.81. The number of amides is 1. The van der Waals surface area contributed by atoms with Crippen molar-refractivity contribution in [2.75, 3.05) is 7.05 Å². The number of carbonyl (C=O) groups excluding carboxylic acids is 1. The Labute approximate surface area is 140 Å². The Kier molecular flexibility index (Phi) is 5.93. The Balaban J connectivity index is 2.12. The van der Waals surface area contributed by atoms with Gasteiger partial charge in [-0.05, 0) is 30.2 Å². The van der Waals surface area contributed by atoms with Gasteiger partial charge in [0, 0.05) is 31.2 Å². The summed E-state index contributed by atoms with van der Waals surface area (Å²) >= 11 is 5.86. The van der Waals surface area contributed by atoms with Gasteiger partial charge in [-0.25, -0.2) is 4.68 Å². The van der Waals surface area contributed by atoms with E-state index in [2.05, 4.69) is 5.10 Å². The lowest BCUT2D eigenvalue weighted by atomic mass is 10.2. The fraction of sp³-hybridized carbons (Fsp3) is 0.353. The lowest BCUT2D eigenvalue weighted by Crippen LogP contribution is -2.31. The predicted octanol–water partition coefficient (Wildman–Crippen LogP) is 2.97. The molecule has 0 aliphatic rings. The summed E-state index contributed by atoms with van der Waals surface area (Å²) in [5.41, 5.74) is 1.07. The van der Waals surface area contributed by atoms with Crippen molar-refractivity contribution in [3.05, 3.63) is 63.0 Å². The maximum Gasteiger partial charge on any atom is 0.274 e. The van der Waals surface area contributed by atoms with Gasteiger partial charge in [-0.1, -0.05) is 37.1 Å². The molecule has 1 aromatic carbocycles. The molecule has 0 aliphatic carbocycles. The molecule has 0 saturated carbocycles. The van der Waals surface area contributed by atoms with E-state index in [-0.39, 0.29) is 17.2 Å². The molecule has 0 bridgehead atoms. The van der Waals surface area contributed by atoms with Crippen molar-refractivity contribution >= 4 is 17.5 Å². The van der Waals surface area contributed by atoms with Crippen LogP contribution in [0.25, 0.3) is 0 Å². The fourth-order valence-electron chi connectivity index (χ4n) is 2.16. The molecule has 1 heterocycles. The molecule has 23 heavy (non-hydrogen) atoms. The van der Waals surface area contributed by atoms with E-state index < -0.39 is 0 Å². The minimum Gasteiger partial charge on any atom is -0.336 e. The number of hydrogen-bond acceptors (Lipinski definition) is 3. The molecular formula is C17H20ClN3O2. The van der Waals surface area contributed by atoms with Crippen LogP contribution in [0.5, 0.6) is 0 Å². The van der Waals surface area contributed by atoms with Crippen LogP contribution in [0.1, 0.15) is 35.8 Å². The normalized spacial score (nSPS) is 10.6. The van der Waals surface area contributed by atoms with Gasteiger partial charge >= 0.3 is 0 Å². The first-order chi connectivity index (χ1) is 11.0. The first kappa shape index (κ1) is 17.2. The van der Waals surface area contributed by atoms with Gasteiger partial charge in [0.25, 0.3) is 11.5 Å². The van der Waals surface area contributed by atoms with Crippen LogP contribution in [0.4, 0.5) is 0 Å². The number of hydrogen-bond donors (Lipinski definition) is 0. The number of halogens is 1. The maximum atomic E-state index is 12.5. The van der Waals surface area contributed by atoms with Crippen molar-refractivity contribution < 1.29 is 4.79 Å². The second kappa shape index (κ2) is 7.92. The molecule has 6 heteroatoms. The number of carbonyl (C=O) groups is 1. The van der Waals surface area contributed by atoms with Gasteiger partial charge in [-0.2, -0.15) is 5.10 Å². The van der Waals surface area contributed by atoms with Gasteiger partial charge in [0.05, 0.1) is 0 Å². The second-order valence-electron chi connectivity index (χ2n) is 5.42. The van der Waals surface area contributed by atoms with E-state index in [4.69, 9.17) is 11.6 Å². The van der Waals surface area contributed by atoms with Crippen LogP contribution in [0.2, 0.25) is 5.02 Å². The van der Waals surface area contributed by atoms with Gasteiger partial charge in [0.2, 0.25) is 0 Å².